The summed E-state index contributed by atoms with van der Waals surface area (Å²) in [5, 5.41) is 5.54. The minimum atomic E-state index is 0.313. The number of fused-ring (bicyclic) bond motifs is 1. The second-order valence-electron chi connectivity index (χ2n) is 4.48. The molecule has 5 heteroatoms. The number of benzene rings is 1. The molecule has 0 saturated heterocycles. The largest absolute Gasteiger partial charge is 0.305 e. The maximum atomic E-state index is 4.56. The van der Waals surface area contributed by atoms with E-state index >= 15 is 0 Å². The molecule has 0 radical (unpaired) electrons. The number of halogens is 1. The summed E-state index contributed by atoms with van der Waals surface area (Å²) in [6, 6.07) is 8.72. The number of hydrogen-bond donors (Lipinski definition) is 1. The fourth-order valence-electron chi connectivity index (χ4n) is 1.99. The van der Waals surface area contributed by atoms with Crippen molar-refractivity contribution in [2.75, 3.05) is 0 Å². The van der Waals surface area contributed by atoms with E-state index in [2.05, 4.69) is 68.0 Å². The average molecular weight is 336 g/mol. The van der Waals surface area contributed by atoms with Gasteiger partial charge in [0.25, 0.3) is 0 Å². The molecular formula is C14H14BrN3S. The number of nitrogens with zero attached hydrogens (tertiary/aromatic N) is 2. The molecule has 1 N–H and O–H groups in total. The third kappa shape index (κ3) is 2.88. The number of hydrogen-bond acceptors (Lipinski definition) is 3. The van der Waals surface area contributed by atoms with Crippen molar-refractivity contribution in [1.82, 2.24) is 14.7 Å². The lowest BCUT2D eigenvalue weighted by Crippen LogP contribution is -2.18. The van der Waals surface area contributed by atoms with E-state index in [1.807, 2.05) is 11.6 Å². The van der Waals surface area contributed by atoms with Gasteiger partial charge in [0.05, 0.1) is 5.69 Å². The lowest BCUT2D eigenvalue weighted by atomic mass is 10.1. The van der Waals surface area contributed by atoms with E-state index in [9.17, 15) is 0 Å². The van der Waals surface area contributed by atoms with Crippen LogP contribution >= 0.6 is 27.3 Å². The second kappa shape index (κ2) is 5.45. The van der Waals surface area contributed by atoms with Gasteiger partial charge in [-0.15, -0.1) is 11.3 Å². The van der Waals surface area contributed by atoms with Crippen molar-refractivity contribution in [3.05, 3.63) is 57.8 Å². The van der Waals surface area contributed by atoms with E-state index in [0.717, 1.165) is 21.7 Å². The van der Waals surface area contributed by atoms with Crippen LogP contribution in [0.3, 0.4) is 0 Å². The molecule has 0 fully saturated rings. The summed E-state index contributed by atoms with van der Waals surface area (Å²) >= 11 is 5.11. The van der Waals surface area contributed by atoms with Crippen LogP contribution in [-0.2, 0) is 6.54 Å². The topological polar surface area (TPSA) is 29.3 Å². The summed E-state index contributed by atoms with van der Waals surface area (Å²) in [6.45, 7) is 2.95. The van der Waals surface area contributed by atoms with Gasteiger partial charge in [-0.25, -0.2) is 4.98 Å². The van der Waals surface area contributed by atoms with Gasteiger partial charge in [0.2, 0.25) is 0 Å². The predicted octanol–water partition coefficient (Wildman–Crippen LogP) is 4.01. The Kier molecular flexibility index (Phi) is 3.68. The van der Waals surface area contributed by atoms with Crippen LogP contribution < -0.4 is 5.32 Å². The zero-order valence-electron chi connectivity index (χ0n) is 10.5. The lowest BCUT2D eigenvalue weighted by Gasteiger charge is -2.13. The van der Waals surface area contributed by atoms with Crippen LogP contribution in [0.2, 0.25) is 0 Å². The summed E-state index contributed by atoms with van der Waals surface area (Å²) in [7, 11) is 0. The first kappa shape index (κ1) is 12.8. The summed E-state index contributed by atoms with van der Waals surface area (Å²) in [4.78, 5) is 5.61. The number of aromatic nitrogens is 2. The van der Waals surface area contributed by atoms with Crippen LogP contribution in [-0.4, -0.2) is 9.38 Å². The van der Waals surface area contributed by atoms with Crippen molar-refractivity contribution in [3.63, 3.8) is 0 Å². The van der Waals surface area contributed by atoms with Gasteiger partial charge in [-0.2, -0.15) is 0 Å². The Labute approximate surface area is 124 Å². The third-order valence-corrected chi connectivity index (χ3v) is 4.40. The second-order valence-corrected chi connectivity index (χ2v) is 6.27. The third-order valence-electron chi connectivity index (χ3n) is 3.10. The molecule has 0 aliphatic rings. The minimum absolute atomic E-state index is 0.313. The lowest BCUT2D eigenvalue weighted by molar-refractivity contribution is 0.569. The Bertz CT molecular complexity index is 643. The average Bonchev–Trinajstić information content (AvgIpc) is 2.97. The zero-order valence-corrected chi connectivity index (χ0v) is 12.9. The van der Waals surface area contributed by atoms with E-state index in [-0.39, 0.29) is 0 Å². The van der Waals surface area contributed by atoms with Crippen LogP contribution in [0.25, 0.3) is 4.96 Å². The molecule has 0 aliphatic heterocycles. The van der Waals surface area contributed by atoms with Gasteiger partial charge in [-0.1, -0.05) is 28.1 Å². The molecule has 98 valence electrons. The summed E-state index contributed by atoms with van der Waals surface area (Å²) in [5.41, 5.74) is 2.36. The van der Waals surface area contributed by atoms with Gasteiger partial charge < -0.3 is 5.32 Å². The Balaban J connectivity index is 1.65. The number of rotatable bonds is 4. The highest BCUT2D eigenvalue weighted by molar-refractivity contribution is 9.10. The van der Waals surface area contributed by atoms with Crippen molar-refractivity contribution in [2.24, 2.45) is 0 Å². The van der Waals surface area contributed by atoms with Crippen molar-refractivity contribution < 1.29 is 0 Å². The first-order valence-corrected chi connectivity index (χ1v) is 7.79. The van der Waals surface area contributed by atoms with Crippen LogP contribution in [0.1, 0.15) is 24.2 Å². The van der Waals surface area contributed by atoms with Gasteiger partial charge in [-0.3, -0.25) is 4.40 Å². The van der Waals surface area contributed by atoms with E-state index in [1.165, 1.54) is 5.56 Å². The maximum Gasteiger partial charge on any atom is 0.193 e. The normalized spacial score (nSPS) is 12.9. The van der Waals surface area contributed by atoms with Gasteiger partial charge in [0, 0.05) is 34.8 Å². The minimum Gasteiger partial charge on any atom is -0.305 e. The first-order chi connectivity index (χ1) is 9.22. The van der Waals surface area contributed by atoms with Crippen molar-refractivity contribution in [2.45, 2.75) is 19.5 Å². The van der Waals surface area contributed by atoms with E-state index in [1.54, 1.807) is 11.3 Å². The molecular weight excluding hydrogens is 322 g/mol. The Morgan fingerprint density at radius 2 is 2.16 bits per heavy atom. The summed E-state index contributed by atoms with van der Waals surface area (Å²) in [5.74, 6) is 0. The molecule has 1 atom stereocenters. The van der Waals surface area contributed by atoms with Crippen molar-refractivity contribution in [3.8, 4) is 0 Å². The fourth-order valence-corrected chi connectivity index (χ4v) is 2.97. The van der Waals surface area contributed by atoms with Crippen LogP contribution in [0.15, 0.2) is 46.5 Å². The van der Waals surface area contributed by atoms with Crippen LogP contribution in [0, 0.1) is 0 Å². The van der Waals surface area contributed by atoms with Crippen molar-refractivity contribution >= 4 is 32.2 Å². The fraction of sp³-hybridized carbons (Fsp3) is 0.214. The molecule has 0 aliphatic carbocycles. The molecule has 2 heterocycles. The highest BCUT2D eigenvalue weighted by Crippen LogP contribution is 2.17. The number of thiazole rings is 1. The Hall–Kier alpha value is -1.17. The van der Waals surface area contributed by atoms with E-state index in [0.29, 0.717) is 6.04 Å². The summed E-state index contributed by atoms with van der Waals surface area (Å²) < 4.78 is 3.17. The van der Waals surface area contributed by atoms with Gasteiger partial charge in [0.15, 0.2) is 4.96 Å². The molecule has 0 spiro atoms. The van der Waals surface area contributed by atoms with Crippen molar-refractivity contribution in [1.29, 1.82) is 0 Å². The Morgan fingerprint density at radius 3 is 2.89 bits per heavy atom. The Morgan fingerprint density at radius 1 is 1.37 bits per heavy atom. The first-order valence-electron chi connectivity index (χ1n) is 6.12. The van der Waals surface area contributed by atoms with Crippen LogP contribution in [0.5, 0.6) is 0 Å². The number of nitrogens with one attached hydrogen (secondary N) is 1. The summed E-state index contributed by atoms with van der Waals surface area (Å²) in [6.07, 6.45) is 4.11. The molecule has 3 aromatic rings. The molecule has 1 unspecified atom stereocenters. The molecule has 2 aromatic heterocycles. The number of imidazole rings is 1. The predicted molar refractivity (Wildman–Crippen MR) is 82.5 cm³/mol. The molecule has 3 rings (SSSR count). The monoisotopic (exact) mass is 335 g/mol. The molecule has 1 aromatic carbocycles. The SMILES string of the molecule is CC(NCc1cn2ccsc2n1)c1ccc(Br)cc1. The van der Waals surface area contributed by atoms with E-state index < -0.39 is 0 Å². The zero-order chi connectivity index (χ0) is 13.2. The highest BCUT2D eigenvalue weighted by Gasteiger charge is 2.07. The molecule has 0 saturated carbocycles. The molecule has 19 heavy (non-hydrogen) atoms. The maximum absolute atomic E-state index is 4.56. The molecule has 3 nitrogen and oxygen atoms in total. The molecule has 0 bridgehead atoms. The van der Waals surface area contributed by atoms with Gasteiger partial charge >= 0.3 is 0 Å². The van der Waals surface area contributed by atoms with Gasteiger partial charge in [-0.05, 0) is 24.6 Å². The van der Waals surface area contributed by atoms with Gasteiger partial charge in [0.1, 0.15) is 0 Å². The van der Waals surface area contributed by atoms with Crippen LogP contribution in [0.4, 0.5) is 0 Å². The van der Waals surface area contributed by atoms with E-state index in [4.69, 9.17) is 0 Å². The standard InChI is InChI=1S/C14H14BrN3S/c1-10(11-2-4-12(15)5-3-11)16-8-13-9-18-6-7-19-14(18)17-13/h2-7,9-10,16H,8H2,1H3. The quantitative estimate of drug-likeness (QED) is 0.780. The smallest absolute Gasteiger partial charge is 0.193 e. The highest BCUT2D eigenvalue weighted by atomic mass is 79.9. The molecule has 0 amide bonds.